The Labute approximate surface area is 158 Å². The Morgan fingerprint density at radius 3 is 2.69 bits per heavy atom. The molecule has 0 atom stereocenters. The van der Waals surface area contributed by atoms with Gasteiger partial charge < -0.3 is 0 Å². The first kappa shape index (κ1) is 17.1. The van der Waals surface area contributed by atoms with Crippen LogP contribution in [0, 0.1) is 11.3 Å². The van der Waals surface area contributed by atoms with E-state index < -0.39 is 5.69 Å². The van der Waals surface area contributed by atoms with Gasteiger partial charge in [-0.25, -0.2) is 4.79 Å². The molecule has 0 amide bonds. The van der Waals surface area contributed by atoms with E-state index in [1.165, 1.54) is 25.3 Å². The number of aromatic nitrogens is 2. The summed E-state index contributed by atoms with van der Waals surface area (Å²) in [6.07, 6.45) is 3.91. The molecule has 4 rings (SSSR count). The lowest BCUT2D eigenvalue weighted by atomic mass is 9.97. The smallest absolute Gasteiger partial charge is 0.270 e. The molecular formula is C19H16ClN3O2S. The molecule has 0 unspecified atom stereocenters. The SMILES string of the molecule is N#CCn1c(=O)n(Cc2ccccc2Cl)c(=O)c2c3c(sc21)CCCC3. The quantitative estimate of drug-likeness (QED) is 0.694. The molecule has 26 heavy (non-hydrogen) atoms. The fraction of sp³-hybridized carbons (Fsp3) is 0.316. The number of hydrogen-bond acceptors (Lipinski definition) is 4. The van der Waals surface area contributed by atoms with Crippen LogP contribution in [0.15, 0.2) is 33.9 Å². The number of rotatable bonds is 3. The van der Waals surface area contributed by atoms with Crippen LogP contribution in [0.2, 0.25) is 5.02 Å². The average molecular weight is 386 g/mol. The number of nitriles is 1. The monoisotopic (exact) mass is 385 g/mol. The summed E-state index contributed by atoms with van der Waals surface area (Å²) in [5.74, 6) is 0. The van der Waals surface area contributed by atoms with Gasteiger partial charge in [0, 0.05) is 9.90 Å². The minimum absolute atomic E-state index is 0.0719. The van der Waals surface area contributed by atoms with Gasteiger partial charge in [0.25, 0.3) is 5.56 Å². The van der Waals surface area contributed by atoms with Crippen LogP contribution in [0.25, 0.3) is 10.2 Å². The summed E-state index contributed by atoms with van der Waals surface area (Å²) in [6, 6.07) is 9.22. The second-order valence-corrected chi connectivity index (χ2v) is 7.89. The molecule has 5 nitrogen and oxygen atoms in total. The molecule has 132 valence electrons. The predicted molar refractivity (Wildman–Crippen MR) is 103 cm³/mol. The van der Waals surface area contributed by atoms with E-state index in [2.05, 4.69) is 0 Å². The zero-order valence-corrected chi connectivity index (χ0v) is 15.6. The second-order valence-electron chi connectivity index (χ2n) is 6.40. The molecule has 2 heterocycles. The van der Waals surface area contributed by atoms with E-state index in [4.69, 9.17) is 11.6 Å². The van der Waals surface area contributed by atoms with Crippen molar-refractivity contribution in [3.8, 4) is 6.07 Å². The summed E-state index contributed by atoms with van der Waals surface area (Å²) >= 11 is 7.70. The normalized spacial score (nSPS) is 13.5. The van der Waals surface area contributed by atoms with E-state index in [-0.39, 0.29) is 18.6 Å². The van der Waals surface area contributed by atoms with Crippen LogP contribution in [0.1, 0.15) is 28.8 Å². The summed E-state index contributed by atoms with van der Waals surface area (Å²) in [6.45, 7) is 0.0286. The Morgan fingerprint density at radius 2 is 1.92 bits per heavy atom. The fourth-order valence-corrected chi connectivity index (χ4v) is 5.13. The van der Waals surface area contributed by atoms with E-state index in [1.807, 2.05) is 12.1 Å². The third-order valence-electron chi connectivity index (χ3n) is 4.83. The van der Waals surface area contributed by atoms with Crippen LogP contribution in [-0.2, 0) is 25.9 Å². The van der Waals surface area contributed by atoms with Gasteiger partial charge in [-0.3, -0.25) is 13.9 Å². The maximum absolute atomic E-state index is 13.2. The largest absolute Gasteiger partial charge is 0.333 e. The average Bonchev–Trinajstić information content (AvgIpc) is 3.03. The molecule has 7 heteroatoms. The molecule has 1 aliphatic carbocycles. The van der Waals surface area contributed by atoms with Crippen LogP contribution >= 0.6 is 22.9 Å². The van der Waals surface area contributed by atoms with Gasteiger partial charge >= 0.3 is 5.69 Å². The van der Waals surface area contributed by atoms with Crippen molar-refractivity contribution in [2.24, 2.45) is 0 Å². The standard InChI is InChI=1S/C19H16ClN3O2S/c20-14-7-3-1-5-12(14)11-23-17(24)16-13-6-2-4-8-15(13)26-18(16)22(10-9-21)19(23)25/h1,3,5,7H,2,4,6,8,10-11H2. The maximum Gasteiger partial charge on any atom is 0.333 e. The van der Waals surface area contributed by atoms with E-state index in [0.29, 0.717) is 20.8 Å². The third-order valence-corrected chi connectivity index (χ3v) is 6.52. The molecule has 1 aromatic carbocycles. The van der Waals surface area contributed by atoms with Crippen molar-refractivity contribution in [3.05, 3.63) is 66.1 Å². The molecule has 0 fully saturated rings. The van der Waals surface area contributed by atoms with Crippen LogP contribution in [0.5, 0.6) is 0 Å². The minimum Gasteiger partial charge on any atom is -0.270 e. The van der Waals surface area contributed by atoms with Crippen molar-refractivity contribution in [2.75, 3.05) is 0 Å². The lowest BCUT2D eigenvalue weighted by Gasteiger charge is -2.12. The molecule has 2 aromatic heterocycles. The Bertz CT molecular complexity index is 1170. The molecule has 3 aromatic rings. The van der Waals surface area contributed by atoms with Crippen LogP contribution in [-0.4, -0.2) is 9.13 Å². The number of nitrogens with zero attached hydrogens (tertiary/aromatic N) is 3. The molecular weight excluding hydrogens is 370 g/mol. The van der Waals surface area contributed by atoms with Crippen LogP contribution < -0.4 is 11.2 Å². The highest BCUT2D eigenvalue weighted by molar-refractivity contribution is 7.18. The van der Waals surface area contributed by atoms with E-state index in [1.54, 1.807) is 18.2 Å². The molecule has 0 spiro atoms. The Balaban J connectivity index is 2.01. The van der Waals surface area contributed by atoms with E-state index in [0.717, 1.165) is 31.2 Å². The van der Waals surface area contributed by atoms with Gasteiger partial charge in [0.2, 0.25) is 0 Å². The van der Waals surface area contributed by atoms with Gasteiger partial charge in [-0.1, -0.05) is 29.8 Å². The van der Waals surface area contributed by atoms with E-state index >= 15 is 0 Å². The van der Waals surface area contributed by atoms with Crippen LogP contribution in [0.3, 0.4) is 0 Å². The molecule has 0 saturated carbocycles. The molecule has 0 aliphatic heterocycles. The predicted octanol–water partition coefficient (Wildman–Crippen LogP) is 3.33. The summed E-state index contributed by atoms with van der Waals surface area (Å²) < 4.78 is 2.64. The Hall–Kier alpha value is -2.36. The van der Waals surface area contributed by atoms with Gasteiger partial charge in [-0.15, -0.1) is 11.3 Å². The Morgan fingerprint density at radius 1 is 1.15 bits per heavy atom. The van der Waals surface area contributed by atoms with Crippen molar-refractivity contribution < 1.29 is 0 Å². The molecule has 0 saturated heterocycles. The van der Waals surface area contributed by atoms with Crippen LogP contribution in [0.4, 0.5) is 0 Å². The fourth-order valence-electron chi connectivity index (χ4n) is 3.56. The highest BCUT2D eigenvalue weighted by atomic mass is 35.5. The zero-order chi connectivity index (χ0) is 18.3. The second kappa shape index (κ2) is 6.75. The minimum atomic E-state index is -0.456. The van der Waals surface area contributed by atoms with Gasteiger partial charge in [0.1, 0.15) is 11.4 Å². The summed E-state index contributed by atoms with van der Waals surface area (Å²) in [4.78, 5) is 27.9. The number of halogens is 1. The van der Waals surface area contributed by atoms with Crippen molar-refractivity contribution >= 4 is 33.2 Å². The zero-order valence-electron chi connectivity index (χ0n) is 14.0. The van der Waals surface area contributed by atoms with Gasteiger partial charge in [0.05, 0.1) is 18.0 Å². The Kier molecular flexibility index (Phi) is 4.43. The number of fused-ring (bicyclic) bond motifs is 3. The molecule has 1 aliphatic rings. The molecule has 0 bridgehead atoms. The van der Waals surface area contributed by atoms with E-state index in [9.17, 15) is 14.9 Å². The van der Waals surface area contributed by atoms with Crippen molar-refractivity contribution in [1.29, 1.82) is 5.26 Å². The highest BCUT2D eigenvalue weighted by Crippen LogP contribution is 2.34. The number of benzene rings is 1. The van der Waals surface area contributed by atoms with Gasteiger partial charge in [0.15, 0.2) is 0 Å². The first-order valence-corrected chi connectivity index (χ1v) is 9.69. The van der Waals surface area contributed by atoms with Crippen molar-refractivity contribution in [2.45, 2.75) is 38.8 Å². The maximum atomic E-state index is 13.2. The van der Waals surface area contributed by atoms with Gasteiger partial charge in [-0.2, -0.15) is 5.26 Å². The first-order chi connectivity index (χ1) is 12.6. The van der Waals surface area contributed by atoms with Gasteiger partial charge in [-0.05, 0) is 42.9 Å². The molecule has 0 N–H and O–H groups in total. The number of thiophene rings is 1. The third kappa shape index (κ3) is 2.68. The highest BCUT2D eigenvalue weighted by Gasteiger charge is 2.23. The number of aryl methyl sites for hydroxylation is 2. The lowest BCUT2D eigenvalue weighted by Crippen LogP contribution is -2.40. The summed E-state index contributed by atoms with van der Waals surface area (Å²) in [5.41, 5.74) is 1.03. The van der Waals surface area contributed by atoms with Crippen molar-refractivity contribution in [3.63, 3.8) is 0 Å². The first-order valence-electron chi connectivity index (χ1n) is 8.50. The lowest BCUT2D eigenvalue weighted by molar-refractivity contribution is 0.644. The summed E-state index contributed by atoms with van der Waals surface area (Å²) in [5, 5.41) is 10.3. The van der Waals surface area contributed by atoms with Crippen molar-refractivity contribution in [1.82, 2.24) is 9.13 Å². The molecule has 0 radical (unpaired) electrons. The topological polar surface area (TPSA) is 67.8 Å². The summed E-state index contributed by atoms with van der Waals surface area (Å²) in [7, 11) is 0. The number of hydrogen-bond donors (Lipinski definition) is 0.